The summed E-state index contributed by atoms with van der Waals surface area (Å²) in [5, 5.41) is 0. The van der Waals surface area contributed by atoms with E-state index in [4.69, 9.17) is 0 Å². The van der Waals surface area contributed by atoms with Gasteiger partial charge in [0.05, 0.1) is 0 Å². The Bertz CT molecular complexity index is 814. The topological polar surface area (TPSA) is 33.2 Å². The third-order valence-electron chi connectivity index (χ3n) is 4.48. The zero-order chi connectivity index (χ0) is 18.2. The van der Waals surface area contributed by atoms with Gasteiger partial charge >= 0.3 is 0 Å². The minimum atomic E-state index is 0.0624. The minimum absolute atomic E-state index is 0.0624. The molecule has 2 aromatic carbocycles. The predicted molar refractivity (Wildman–Crippen MR) is 105 cm³/mol. The fourth-order valence-electron chi connectivity index (χ4n) is 2.92. The zero-order valence-electron chi connectivity index (χ0n) is 15.1. The molecule has 0 radical (unpaired) electrons. The second-order valence-corrected chi connectivity index (χ2v) is 6.33. The van der Waals surface area contributed by atoms with Crippen LogP contribution >= 0.6 is 0 Å². The van der Waals surface area contributed by atoms with Crippen molar-refractivity contribution in [2.45, 2.75) is 26.3 Å². The fraction of sp³-hybridized carbons (Fsp3) is 0.217. The fourth-order valence-corrected chi connectivity index (χ4v) is 2.92. The number of aromatic nitrogens is 1. The molecule has 26 heavy (non-hydrogen) atoms. The van der Waals surface area contributed by atoms with Crippen LogP contribution in [-0.4, -0.2) is 22.3 Å². The van der Waals surface area contributed by atoms with Crippen LogP contribution in [-0.2, 0) is 19.4 Å². The number of carbonyl (C=O) groups is 1. The van der Waals surface area contributed by atoms with Crippen molar-refractivity contribution in [2.75, 3.05) is 6.54 Å². The molecule has 0 bridgehead atoms. The first-order valence-electron chi connectivity index (χ1n) is 9.08. The molecule has 0 saturated carbocycles. The van der Waals surface area contributed by atoms with Crippen LogP contribution in [0.15, 0.2) is 79.0 Å². The third kappa shape index (κ3) is 4.79. The molecule has 1 amide bonds. The van der Waals surface area contributed by atoms with Crippen LogP contribution in [0.25, 0.3) is 0 Å². The number of amides is 1. The zero-order valence-corrected chi connectivity index (χ0v) is 15.1. The SMILES string of the molecule is CCc1ccc(C(=O)N(CCc2ccccn2)Cc2ccccc2)cc1. The summed E-state index contributed by atoms with van der Waals surface area (Å²) in [4.78, 5) is 19.4. The smallest absolute Gasteiger partial charge is 0.254 e. The number of benzene rings is 2. The van der Waals surface area contributed by atoms with Crippen molar-refractivity contribution >= 4 is 5.91 Å². The van der Waals surface area contributed by atoms with Crippen LogP contribution in [0.1, 0.15) is 34.1 Å². The summed E-state index contributed by atoms with van der Waals surface area (Å²) < 4.78 is 0. The second-order valence-electron chi connectivity index (χ2n) is 6.33. The molecule has 3 heteroatoms. The minimum Gasteiger partial charge on any atom is -0.334 e. The van der Waals surface area contributed by atoms with Crippen LogP contribution < -0.4 is 0 Å². The Morgan fingerprint density at radius 1 is 0.885 bits per heavy atom. The Balaban J connectivity index is 1.77. The van der Waals surface area contributed by atoms with Crippen LogP contribution in [0.4, 0.5) is 0 Å². The first-order chi connectivity index (χ1) is 12.8. The lowest BCUT2D eigenvalue weighted by atomic mass is 10.1. The maximum Gasteiger partial charge on any atom is 0.254 e. The summed E-state index contributed by atoms with van der Waals surface area (Å²) in [5.74, 6) is 0.0624. The Morgan fingerprint density at radius 3 is 2.27 bits per heavy atom. The average Bonchev–Trinajstić information content (AvgIpc) is 2.72. The molecule has 0 fully saturated rings. The van der Waals surface area contributed by atoms with Gasteiger partial charge in [-0.25, -0.2) is 0 Å². The van der Waals surface area contributed by atoms with Gasteiger partial charge in [0.1, 0.15) is 0 Å². The molecule has 0 spiro atoms. The lowest BCUT2D eigenvalue weighted by Crippen LogP contribution is -2.32. The third-order valence-corrected chi connectivity index (χ3v) is 4.48. The highest BCUT2D eigenvalue weighted by atomic mass is 16.2. The van der Waals surface area contributed by atoms with E-state index in [1.165, 1.54) is 5.56 Å². The predicted octanol–water partition coefficient (Wildman–Crippen LogP) is 4.53. The van der Waals surface area contributed by atoms with Crippen molar-refractivity contribution in [1.29, 1.82) is 0 Å². The van der Waals surface area contributed by atoms with E-state index in [-0.39, 0.29) is 5.91 Å². The van der Waals surface area contributed by atoms with Crippen molar-refractivity contribution < 1.29 is 4.79 Å². The standard InChI is InChI=1S/C23H24N2O/c1-2-19-11-13-21(14-12-19)23(26)25(18-20-8-4-3-5-9-20)17-15-22-10-6-7-16-24-22/h3-14,16H,2,15,17-18H2,1H3. The van der Waals surface area contributed by atoms with Gasteiger partial charge in [-0.3, -0.25) is 9.78 Å². The van der Waals surface area contributed by atoms with Crippen LogP contribution in [0.3, 0.4) is 0 Å². The summed E-state index contributed by atoms with van der Waals surface area (Å²) in [5.41, 5.74) is 4.11. The molecule has 132 valence electrons. The molecule has 0 saturated heterocycles. The van der Waals surface area contributed by atoms with E-state index in [1.807, 2.05) is 65.6 Å². The van der Waals surface area contributed by atoms with Crippen LogP contribution in [0.2, 0.25) is 0 Å². The molecule has 3 aromatic rings. The molecule has 1 heterocycles. The molecular weight excluding hydrogens is 320 g/mol. The lowest BCUT2D eigenvalue weighted by molar-refractivity contribution is 0.0744. The highest BCUT2D eigenvalue weighted by Gasteiger charge is 2.16. The van der Waals surface area contributed by atoms with Crippen LogP contribution in [0, 0.1) is 0 Å². The van der Waals surface area contributed by atoms with Gasteiger partial charge in [-0.05, 0) is 41.8 Å². The largest absolute Gasteiger partial charge is 0.334 e. The van der Waals surface area contributed by atoms with Gasteiger partial charge in [0.2, 0.25) is 0 Å². The summed E-state index contributed by atoms with van der Waals surface area (Å²) in [6.45, 7) is 3.35. The van der Waals surface area contributed by atoms with E-state index >= 15 is 0 Å². The second kappa shape index (κ2) is 8.95. The van der Waals surface area contributed by atoms with Crippen LogP contribution in [0.5, 0.6) is 0 Å². The Labute approximate surface area is 155 Å². The molecule has 0 atom stereocenters. The van der Waals surface area contributed by atoms with Gasteiger partial charge in [0, 0.05) is 37.0 Å². The molecule has 0 unspecified atom stereocenters. The van der Waals surface area contributed by atoms with E-state index in [9.17, 15) is 4.79 Å². The average molecular weight is 344 g/mol. The highest BCUT2D eigenvalue weighted by molar-refractivity contribution is 5.94. The first kappa shape index (κ1) is 17.9. The number of aryl methyl sites for hydroxylation is 1. The Morgan fingerprint density at radius 2 is 1.62 bits per heavy atom. The van der Waals surface area contributed by atoms with Gasteiger partial charge in [0.25, 0.3) is 5.91 Å². The van der Waals surface area contributed by atoms with Gasteiger partial charge in [0.15, 0.2) is 0 Å². The van der Waals surface area contributed by atoms with Crippen molar-refractivity contribution in [1.82, 2.24) is 9.88 Å². The van der Waals surface area contributed by atoms with Crippen molar-refractivity contribution in [2.24, 2.45) is 0 Å². The Kier molecular flexibility index (Phi) is 6.15. The van der Waals surface area contributed by atoms with Gasteiger partial charge in [-0.15, -0.1) is 0 Å². The molecule has 0 aliphatic carbocycles. The summed E-state index contributed by atoms with van der Waals surface area (Å²) in [6, 6.07) is 23.9. The van der Waals surface area contributed by atoms with E-state index < -0.39 is 0 Å². The monoisotopic (exact) mass is 344 g/mol. The van der Waals surface area contributed by atoms with Crippen molar-refractivity contribution in [3.05, 3.63) is 101 Å². The van der Waals surface area contributed by atoms with Crippen molar-refractivity contribution in [3.8, 4) is 0 Å². The number of pyridine rings is 1. The molecule has 3 rings (SSSR count). The molecular formula is C23H24N2O. The van der Waals surface area contributed by atoms with Crippen molar-refractivity contribution in [3.63, 3.8) is 0 Å². The molecule has 3 nitrogen and oxygen atoms in total. The Hall–Kier alpha value is -2.94. The van der Waals surface area contributed by atoms with E-state index in [0.29, 0.717) is 13.1 Å². The highest BCUT2D eigenvalue weighted by Crippen LogP contribution is 2.13. The first-order valence-corrected chi connectivity index (χ1v) is 9.08. The molecule has 0 aliphatic rings. The number of rotatable bonds is 7. The number of hydrogen-bond acceptors (Lipinski definition) is 2. The molecule has 0 aliphatic heterocycles. The summed E-state index contributed by atoms with van der Waals surface area (Å²) in [6.07, 6.45) is 3.51. The molecule has 1 aromatic heterocycles. The quantitative estimate of drug-likeness (QED) is 0.631. The van der Waals surface area contributed by atoms with Gasteiger partial charge in [-0.1, -0.05) is 55.5 Å². The maximum atomic E-state index is 13.1. The lowest BCUT2D eigenvalue weighted by Gasteiger charge is -2.23. The maximum absolute atomic E-state index is 13.1. The molecule has 0 N–H and O–H groups in total. The number of carbonyl (C=O) groups excluding carboxylic acids is 1. The van der Waals surface area contributed by atoms with E-state index in [0.717, 1.165) is 29.7 Å². The van der Waals surface area contributed by atoms with Gasteiger partial charge in [-0.2, -0.15) is 0 Å². The van der Waals surface area contributed by atoms with Gasteiger partial charge < -0.3 is 4.90 Å². The normalized spacial score (nSPS) is 10.5. The summed E-state index contributed by atoms with van der Waals surface area (Å²) in [7, 11) is 0. The summed E-state index contributed by atoms with van der Waals surface area (Å²) >= 11 is 0. The number of nitrogens with zero attached hydrogens (tertiary/aromatic N) is 2. The van der Waals surface area contributed by atoms with E-state index in [1.54, 1.807) is 6.20 Å². The van der Waals surface area contributed by atoms with E-state index in [2.05, 4.69) is 24.0 Å². The number of hydrogen-bond donors (Lipinski definition) is 0.